The van der Waals surface area contributed by atoms with Crippen LogP contribution in [0.15, 0.2) is 18.3 Å². The predicted molar refractivity (Wildman–Crippen MR) is 110 cm³/mol. The molecule has 0 aliphatic carbocycles. The number of carboxylic acid groups (broad SMARTS) is 1. The third-order valence-electron chi connectivity index (χ3n) is 5.51. The van der Waals surface area contributed by atoms with E-state index in [4.69, 9.17) is 5.73 Å². The van der Waals surface area contributed by atoms with Gasteiger partial charge in [0, 0.05) is 24.8 Å². The number of nitrogen functional groups attached to an aromatic ring is 1. The maximum absolute atomic E-state index is 13.3. The SMILES string of the molecule is C[C](C)C(NC(=O)O)[C@H](CCCc1ccc(N)cn1)C(=O)N1CCC(C)CC1. The number of aromatic nitrogens is 1. The van der Waals surface area contributed by atoms with Gasteiger partial charge in [-0.3, -0.25) is 9.78 Å². The van der Waals surface area contributed by atoms with E-state index in [1.165, 1.54) is 0 Å². The Kier molecular flexibility index (Phi) is 8.08. The molecule has 0 spiro atoms. The molecule has 1 saturated heterocycles. The molecule has 2 amide bonds. The summed E-state index contributed by atoms with van der Waals surface area (Å²) in [5.74, 6) is 1.18. The fourth-order valence-corrected chi connectivity index (χ4v) is 3.76. The van der Waals surface area contributed by atoms with E-state index in [2.05, 4.69) is 17.2 Å². The number of pyridine rings is 1. The minimum atomic E-state index is -1.10. The number of nitrogens with one attached hydrogen (secondary N) is 1. The number of rotatable bonds is 8. The number of aryl methyl sites for hydroxylation is 1. The lowest BCUT2D eigenvalue weighted by atomic mass is 9.84. The highest BCUT2D eigenvalue weighted by molar-refractivity contribution is 5.81. The van der Waals surface area contributed by atoms with E-state index in [1.807, 2.05) is 30.9 Å². The summed E-state index contributed by atoms with van der Waals surface area (Å²) in [7, 11) is 0. The summed E-state index contributed by atoms with van der Waals surface area (Å²) in [6, 6.07) is 3.23. The normalized spacial score (nSPS) is 17.4. The van der Waals surface area contributed by atoms with Crippen molar-refractivity contribution in [1.29, 1.82) is 0 Å². The summed E-state index contributed by atoms with van der Waals surface area (Å²) in [6.45, 7) is 7.45. The van der Waals surface area contributed by atoms with E-state index < -0.39 is 18.1 Å². The zero-order chi connectivity index (χ0) is 20.7. The lowest BCUT2D eigenvalue weighted by molar-refractivity contribution is -0.138. The second kappa shape index (κ2) is 10.3. The van der Waals surface area contributed by atoms with E-state index >= 15 is 0 Å². The van der Waals surface area contributed by atoms with Gasteiger partial charge in [0.05, 0.1) is 17.8 Å². The van der Waals surface area contributed by atoms with Crippen molar-refractivity contribution in [1.82, 2.24) is 15.2 Å². The van der Waals surface area contributed by atoms with Gasteiger partial charge in [-0.2, -0.15) is 0 Å². The molecule has 7 nitrogen and oxygen atoms in total. The fourth-order valence-electron chi connectivity index (χ4n) is 3.76. The number of hydrogen-bond acceptors (Lipinski definition) is 4. The van der Waals surface area contributed by atoms with Gasteiger partial charge >= 0.3 is 6.09 Å². The molecule has 1 unspecified atom stereocenters. The van der Waals surface area contributed by atoms with E-state index in [9.17, 15) is 14.7 Å². The Labute approximate surface area is 167 Å². The first-order chi connectivity index (χ1) is 13.3. The molecular weight excluding hydrogens is 356 g/mol. The lowest BCUT2D eigenvalue weighted by Crippen LogP contribution is -2.51. The number of nitrogens with two attached hydrogens (primary N) is 1. The molecule has 1 aliphatic heterocycles. The molecule has 28 heavy (non-hydrogen) atoms. The van der Waals surface area contributed by atoms with Crippen LogP contribution in [0.3, 0.4) is 0 Å². The summed E-state index contributed by atoms with van der Waals surface area (Å²) in [4.78, 5) is 30.8. The van der Waals surface area contributed by atoms with Crippen LogP contribution in [-0.4, -0.2) is 46.1 Å². The number of nitrogens with zero attached hydrogens (tertiary/aromatic N) is 2. The number of carbonyl (C=O) groups is 2. The van der Waals surface area contributed by atoms with Gasteiger partial charge < -0.3 is 21.1 Å². The highest BCUT2D eigenvalue weighted by atomic mass is 16.4. The topological polar surface area (TPSA) is 109 Å². The molecule has 1 aromatic rings. The van der Waals surface area contributed by atoms with Crippen LogP contribution in [0, 0.1) is 17.8 Å². The molecule has 4 N–H and O–H groups in total. The summed E-state index contributed by atoms with van der Waals surface area (Å²) in [6.07, 6.45) is 4.61. The Balaban J connectivity index is 2.08. The van der Waals surface area contributed by atoms with Crippen LogP contribution >= 0.6 is 0 Å². The summed E-state index contributed by atoms with van der Waals surface area (Å²) < 4.78 is 0. The number of likely N-dealkylation sites (tertiary alicyclic amines) is 1. The van der Waals surface area contributed by atoms with Crippen LogP contribution in [0.4, 0.5) is 10.5 Å². The van der Waals surface area contributed by atoms with Crippen molar-refractivity contribution in [2.75, 3.05) is 18.8 Å². The first-order valence-corrected chi connectivity index (χ1v) is 10.1. The number of amides is 2. The van der Waals surface area contributed by atoms with Crippen LogP contribution in [0.2, 0.25) is 0 Å². The van der Waals surface area contributed by atoms with Crippen molar-refractivity contribution in [3.05, 3.63) is 29.9 Å². The lowest BCUT2D eigenvalue weighted by Gasteiger charge is -2.36. The quantitative estimate of drug-likeness (QED) is 0.633. The molecule has 2 heterocycles. The van der Waals surface area contributed by atoms with Crippen molar-refractivity contribution in [3.63, 3.8) is 0 Å². The summed E-state index contributed by atoms with van der Waals surface area (Å²) in [5, 5.41) is 11.8. The minimum Gasteiger partial charge on any atom is -0.465 e. The van der Waals surface area contributed by atoms with Crippen molar-refractivity contribution in [3.8, 4) is 0 Å². The maximum Gasteiger partial charge on any atom is 0.404 e. The first kappa shape index (κ1) is 22.0. The Morgan fingerprint density at radius 3 is 2.54 bits per heavy atom. The standard InChI is InChI=1S/C21H33N4O3/c1-14(2)19(24-21(27)28)18(20(26)25-11-9-15(3)10-12-25)6-4-5-17-8-7-16(22)13-23-17/h7-8,13,15,18-19,24H,4-6,9-12,22H2,1-3H3,(H,27,28)/t18-,19?/m0/s1. The molecule has 1 aliphatic rings. The Hall–Kier alpha value is -2.31. The monoisotopic (exact) mass is 389 g/mol. The average Bonchev–Trinajstić information content (AvgIpc) is 2.65. The molecule has 2 rings (SSSR count). The van der Waals surface area contributed by atoms with Crippen LogP contribution in [0.5, 0.6) is 0 Å². The van der Waals surface area contributed by atoms with Gasteiger partial charge in [-0.25, -0.2) is 4.79 Å². The van der Waals surface area contributed by atoms with Crippen LogP contribution in [-0.2, 0) is 11.2 Å². The highest BCUT2D eigenvalue weighted by Crippen LogP contribution is 2.26. The van der Waals surface area contributed by atoms with Crippen molar-refractivity contribution >= 4 is 17.7 Å². The largest absolute Gasteiger partial charge is 0.465 e. The second-order valence-corrected chi connectivity index (χ2v) is 8.09. The van der Waals surface area contributed by atoms with Crippen molar-refractivity contribution < 1.29 is 14.7 Å². The number of piperidine rings is 1. The molecule has 0 saturated carbocycles. The Morgan fingerprint density at radius 1 is 1.32 bits per heavy atom. The minimum absolute atomic E-state index is 0.0529. The van der Waals surface area contributed by atoms with Gasteiger partial charge in [-0.15, -0.1) is 0 Å². The fraction of sp³-hybridized carbons (Fsp3) is 0.619. The molecule has 2 atom stereocenters. The van der Waals surface area contributed by atoms with Gasteiger partial charge in [0.2, 0.25) is 5.91 Å². The molecule has 1 fully saturated rings. The van der Waals surface area contributed by atoms with Crippen molar-refractivity contribution in [2.24, 2.45) is 11.8 Å². The summed E-state index contributed by atoms with van der Waals surface area (Å²) >= 11 is 0. The Morgan fingerprint density at radius 2 is 2.00 bits per heavy atom. The average molecular weight is 390 g/mol. The first-order valence-electron chi connectivity index (χ1n) is 10.1. The molecule has 0 aromatic carbocycles. The third-order valence-corrected chi connectivity index (χ3v) is 5.51. The van der Waals surface area contributed by atoms with Gasteiger partial charge in [0.25, 0.3) is 0 Å². The molecule has 0 bridgehead atoms. The molecule has 1 aromatic heterocycles. The maximum atomic E-state index is 13.3. The van der Waals surface area contributed by atoms with E-state index in [1.54, 1.807) is 6.20 Å². The van der Waals surface area contributed by atoms with Crippen LogP contribution in [0.25, 0.3) is 0 Å². The third kappa shape index (κ3) is 6.39. The molecule has 1 radical (unpaired) electrons. The van der Waals surface area contributed by atoms with Crippen molar-refractivity contribution in [2.45, 2.75) is 58.9 Å². The van der Waals surface area contributed by atoms with E-state index in [0.29, 0.717) is 18.0 Å². The van der Waals surface area contributed by atoms with E-state index in [-0.39, 0.29) is 5.91 Å². The van der Waals surface area contributed by atoms with Gasteiger partial charge in [-0.1, -0.05) is 20.8 Å². The number of anilines is 1. The smallest absolute Gasteiger partial charge is 0.404 e. The van der Waals surface area contributed by atoms with Gasteiger partial charge in [-0.05, 0) is 56.1 Å². The zero-order valence-corrected chi connectivity index (χ0v) is 17.1. The van der Waals surface area contributed by atoms with Crippen LogP contribution in [0.1, 0.15) is 52.1 Å². The molecule has 155 valence electrons. The highest BCUT2D eigenvalue weighted by Gasteiger charge is 2.35. The number of hydrogen-bond donors (Lipinski definition) is 3. The second-order valence-electron chi connectivity index (χ2n) is 8.09. The van der Waals surface area contributed by atoms with E-state index in [0.717, 1.165) is 50.4 Å². The summed E-state index contributed by atoms with van der Waals surface area (Å²) in [5.41, 5.74) is 7.22. The predicted octanol–water partition coefficient (Wildman–Crippen LogP) is 3.11. The number of carbonyl (C=O) groups excluding carboxylic acids is 1. The van der Waals surface area contributed by atoms with Gasteiger partial charge in [0.1, 0.15) is 0 Å². The molecule has 7 heteroatoms. The Bertz CT molecular complexity index is 640. The molecular formula is C21H33N4O3. The van der Waals surface area contributed by atoms with Crippen LogP contribution < -0.4 is 11.1 Å². The zero-order valence-electron chi connectivity index (χ0n) is 17.1. The van der Waals surface area contributed by atoms with Gasteiger partial charge in [0.15, 0.2) is 0 Å².